The van der Waals surface area contributed by atoms with Gasteiger partial charge >= 0.3 is 0 Å². The van der Waals surface area contributed by atoms with E-state index in [0.29, 0.717) is 48.4 Å². The summed E-state index contributed by atoms with van der Waals surface area (Å²) in [5.41, 5.74) is 2.15. The van der Waals surface area contributed by atoms with Crippen molar-refractivity contribution in [3.8, 4) is 0 Å². The van der Waals surface area contributed by atoms with Crippen LogP contribution in [-0.2, 0) is 29.6 Å². The van der Waals surface area contributed by atoms with Crippen LogP contribution in [0.5, 0.6) is 0 Å². The molecule has 4 aromatic carbocycles. The summed E-state index contributed by atoms with van der Waals surface area (Å²) in [6.07, 6.45) is 2.12. The van der Waals surface area contributed by atoms with Crippen molar-refractivity contribution in [2.75, 3.05) is 32.3 Å². The van der Waals surface area contributed by atoms with Crippen LogP contribution in [0.4, 0.5) is 22.7 Å². The number of para-hydroxylation sites is 2. The summed E-state index contributed by atoms with van der Waals surface area (Å²) in [6, 6.07) is 30.1. The third kappa shape index (κ3) is 7.71. The fourth-order valence-electron chi connectivity index (χ4n) is 5.95. The number of nitrogens with zero attached hydrogens (tertiary/aromatic N) is 2. The first-order chi connectivity index (χ1) is 23.0. The second-order valence-electron chi connectivity index (χ2n) is 11.6. The monoisotopic (exact) mass is 688 g/mol. The van der Waals surface area contributed by atoms with E-state index in [1.165, 1.54) is 32.9 Å². The number of amides is 2. The third-order valence-electron chi connectivity index (χ3n) is 8.55. The molecule has 0 unspecified atom stereocenters. The lowest BCUT2D eigenvalue weighted by molar-refractivity contribution is -0.125. The number of rotatable bonds is 12. The van der Waals surface area contributed by atoms with E-state index in [-0.39, 0.29) is 46.5 Å². The van der Waals surface area contributed by atoms with Crippen molar-refractivity contribution in [2.24, 2.45) is 11.8 Å². The van der Waals surface area contributed by atoms with Crippen molar-refractivity contribution in [1.82, 2.24) is 0 Å². The maximum absolute atomic E-state index is 13.3. The normalized spacial score (nSPS) is 16.5. The molecule has 5 rings (SSSR count). The van der Waals surface area contributed by atoms with E-state index in [2.05, 4.69) is 10.6 Å². The first-order valence-corrected chi connectivity index (χ1v) is 18.9. The smallest absolute Gasteiger partial charge is 0.264 e. The number of carbonyl (C=O) groups is 2. The highest BCUT2D eigenvalue weighted by Crippen LogP contribution is 2.32. The molecule has 0 saturated heterocycles. The lowest BCUT2D eigenvalue weighted by atomic mass is 9.81. The van der Waals surface area contributed by atoms with Gasteiger partial charge in [0.25, 0.3) is 20.0 Å². The standard InChI is InChI=1S/C36H40N4O6S2/c1-3-39(31-11-7-5-8-12-31)47(43,44)33-23-19-29(20-24-33)37-35(41)27-15-17-28(18-16-27)36(42)38-30-21-25-34(26-22-30)48(45,46)40(4-2)32-13-9-6-10-14-32/h5-14,19-28H,3-4,15-18H2,1-2H3,(H,37,41)(H,38,42). The molecule has 4 aromatic rings. The number of carbonyl (C=O) groups excluding carboxylic acids is 2. The summed E-state index contributed by atoms with van der Waals surface area (Å²) >= 11 is 0. The van der Waals surface area contributed by atoms with Gasteiger partial charge in [0.1, 0.15) is 0 Å². The SMILES string of the molecule is CCN(c1ccccc1)S(=O)(=O)c1ccc(NC(=O)C2CCC(C(=O)Nc3ccc(S(=O)(=O)N(CC)c4ccccc4)cc3)CC2)cc1. The molecule has 2 amide bonds. The minimum atomic E-state index is -3.78. The van der Waals surface area contributed by atoms with Gasteiger partial charge < -0.3 is 10.6 Å². The quantitative estimate of drug-likeness (QED) is 0.175. The van der Waals surface area contributed by atoms with Crippen LogP contribution in [0.2, 0.25) is 0 Å². The van der Waals surface area contributed by atoms with Crippen molar-refractivity contribution in [3.63, 3.8) is 0 Å². The molecule has 48 heavy (non-hydrogen) atoms. The molecule has 1 aliphatic rings. The molecule has 1 fully saturated rings. The Labute approximate surface area is 282 Å². The van der Waals surface area contributed by atoms with Gasteiger partial charge in [-0.3, -0.25) is 18.2 Å². The highest BCUT2D eigenvalue weighted by Gasteiger charge is 2.31. The highest BCUT2D eigenvalue weighted by molar-refractivity contribution is 7.93. The minimum Gasteiger partial charge on any atom is -0.326 e. The molecule has 0 radical (unpaired) electrons. The first kappa shape index (κ1) is 34.6. The predicted molar refractivity (Wildman–Crippen MR) is 189 cm³/mol. The van der Waals surface area contributed by atoms with Crippen LogP contribution in [0.25, 0.3) is 0 Å². The Bertz CT molecular complexity index is 1770. The van der Waals surface area contributed by atoms with E-state index in [0.717, 1.165) is 0 Å². The number of nitrogens with one attached hydrogen (secondary N) is 2. The van der Waals surface area contributed by atoms with Crippen LogP contribution in [0.1, 0.15) is 39.5 Å². The van der Waals surface area contributed by atoms with Crippen molar-refractivity contribution in [3.05, 3.63) is 109 Å². The lowest BCUT2D eigenvalue weighted by Crippen LogP contribution is -2.32. The number of benzene rings is 4. The van der Waals surface area contributed by atoms with Gasteiger partial charge in [0.2, 0.25) is 11.8 Å². The second kappa shape index (κ2) is 15.0. The van der Waals surface area contributed by atoms with Crippen LogP contribution >= 0.6 is 0 Å². The van der Waals surface area contributed by atoms with Crippen molar-refractivity contribution in [2.45, 2.75) is 49.3 Å². The molecule has 252 valence electrons. The third-order valence-corrected chi connectivity index (χ3v) is 12.4. The summed E-state index contributed by atoms with van der Waals surface area (Å²) in [5, 5.41) is 5.78. The molecule has 0 aromatic heterocycles. The summed E-state index contributed by atoms with van der Waals surface area (Å²) in [5.74, 6) is -0.891. The fraction of sp³-hybridized carbons (Fsp3) is 0.278. The average Bonchev–Trinajstić information content (AvgIpc) is 3.10. The van der Waals surface area contributed by atoms with Crippen LogP contribution in [0.15, 0.2) is 119 Å². The molecular weight excluding hydrogens is 649 g/mol. The molecule has 0 heterocycles. The molecule has 0 aliphatic heterocycles. The van der Waals surface area contributed by atoms with Crippen LogP contribution in [0, 0.1) is 11.8 Å². The summed E-state index contributed by atoms with van der Waals surface area (Å²) < 4.78 is 55.7. The maximum Gasteiger partial charge on any atom is 0.264 e. The Balaban J connectivity index is 1.13. The molecule has 0 bridgehead atoms. The zero-order valence-electron chi connectivity index (χ0n) is 27.0. The Hall–Kier alpha value is -4.68. The topological polar surface area (TPSA) is 133 Å². The van der Waals surface area contributed by atoms with Gasteiger partial charge in [0, 0.05) is 36.3 Å². The van der Waals surface area contributed by atoms with Crippen LogP contribution < -0.4 is 19.2 Å². The van der Waals surface area contributed by atoms with Gasteiger partial charge in [-0.15, -0.1) is 0 Å². The largest absolute Gasteiger partial charge is 0.326 e. The highest BCUT2D eigenvalue weighted by atomic mass is 32.2. The van der Waals surface area contributed by atoms with E-state index in [1.807, 2.05) is 12.1 Å². The van der Waals surface area contributed by atoms with E-state index in [4.69, 9.17) is 0 Å². The molecule has 0 spiro atoms. The van der Waals surface area contributed by atoms with Gasteiger partial charge in [-0.05, 0) is 112 Å². The maximum atomic E-state index is 13.3. The number of anilines is 4. The Morgan fingerprint density at radius 3 is 1.15 bits per heavy atom. The molecule has 1 saturated carbocycles. The second-order valence-corrected chi connectivity index (χ2v) is 15.3. The van der Waals surface area contributed by atoms with Crippen molar-refractivity contribution < 1.29 is 26.4 Å². The van der Waals surface area contributed by atoms with Crippen molar-refractivity contribution in [1.29, 1.82) is 0 Å². The molecule has 12 heteroatoms. The zero-order chi connectivity index (χ0) is 34.3. The van der Waals surface area contributed by atoms with E-state index >= 15 is 0 Å². The predicted octanol–water partition coefficient (Wildman–Crippen LogP) is 6.50. The van der Waals surface area contributed by atoms with Crippen LogP contribution in [-0.4, -0.2) is 41.7 Å². The Morgan fingerprint density at radius 1 is 0.542 bits per heavy atom. The minimum absolute atomic E-state index is 0.129. The Kier molecular flexibility index (Phi) is 10.9. The van der Waals surface area contributed by atoms with Crippen molar-refractivity contribution >= 4 is 54.6 Å². The number of hydrogen-bond donors (Lipinski definition) is 2. The molecule has 0 atom stereocenters. The molecule has 1 aliphatic carbocycles. The molecule has 10 nitrogen and oxygen atoms in total. The number of hydrogen-bond acceptors (Lipinski definition) is 6. The fourth-order valence-corrected chi connectivity index (χ4v) is 8.90. The van der Waals surface area contributed by atoms with E-state index in [9.17, 15) is 26.4 Å². The van der Waals surface area contributed by atoms with E-state index in [1.54, 1.807) is 86.6 Å². The van der Waals surface area contributed by atoms with Gasteiger partial charge in [-0.2, -0.15) is 0 Å². The van der Waals surface area contributed by atoms with Crippen LogP contribution in [0.3, 0.4) is 0 Å². The average molecular weight is 689 g/mol. The first-order valence-electron chi connectivity index (χ1n) is 16.0. The number of sulfonamides is 2. The van der Waals surface area contributed by atoms with Gasteiger partial charge in [0.15, 0.2) is 0 Å². The Morgan fingerprint density at radius 2 is 0.854 bits per heavy atom. The summed E-state index contributed by atoms with van der Waals surface area (Å²) in [4.78, 5) is 26.3. The molecular formula is C36H40N4O6S2. The summed E-state index contributed by atoms with van der Waals surface area (Å²) in [6.45, 7) is 4.10. The summed E-state index contributed by atoms with van der Waals surface area (Å²) in [7, 11) is -7.55. The van der Waals surface area contributed by atoms with E-state index < -0.39 is 20.0 Å². The van der Waals surface area contributed by atoms with Gasteiger partial charge in [-0.25, -0.2) is 16.8 Å². The lowest BCUT2D eigenvalue weighted by Gasteiger charge is -2.27. The van der Waals surface area contributed by atoms with Gasteiger partial charge in [0.05, 0.1) is 21.2 Å². The molecule has 2 N–H and O–H groups in total. The van der Waals surface area contributed by atoms with Gasteiger partial charge in [-0.1, -0.05) is 36.4 Å². The zero-order valence-corrected chi connectivity index (χ0v) is 28.6.